The van der Waals surface area contributed by atoms with Gasteiger partial charge in [0.25, 0.3) is 5.56 Å². The lowest BCUT2D eigenvalue weighted by Crippen LogP contribution is -2.37. The van der Waals surface area contributed by atoms with E-state index >= 15 is 0 Å². The molecule has 17 heavy (non-hydrogen) atoms. The van der Waals surface area contributed by atoms with E-state index in [4.69, 9.17) is 9.84 Å². The monoisotopic (exact) mass is 243 g/mol. The molecule has 0 bridgehead atoms. The second-order valence-electron chi connectivity index (χ2n) is 3.44. The fourth-order valence-electron chi connectivity index (χ4n) is 1.49. The van der Waals surface area contributed by atoms with E-state index in [1.807, 2.05) is 4.98 Å². The minimum atomic E-state index is -1.52. The molecule has 1 aliphatic rings. The van der Waals surface area contributed by atoms with Crippen LogP contribution in [0.4, 0.5) is 0 Å². The van der Waals surface area contributed by atoms with Crippen LogP contribution >= 0.6 is 0 Å². The average molecular weight is 243 g/mol. The molecule has 1 aromatic heterocycles. The maximum atomic E-state index is 11.5. The van der Waals surface area contributed by atoms with Crippen molar-refractivity contribution >= 4 is 5.78 Å². The van der Waals surface area contributed by atoms with Gasteiger partial charge in [0, 0.05) is 0 Å². The predicted molar refractivity (Wildman–Crippen MR) is 51.1 cm³/mol. The van der Waals surface area contributed by atoms with Gasteiger partial charge in [-0.1, -0.05) is 0 Å². The first-order valence-electron chi connectivity index (χ1n) is 4.71. The van der Waals surface area contributed by atoms with Gasteiger partial charge < -0.3 is 14.9 Å². The molecule has 2 heterocycles. The minimum Gasteiger partial charge on any atom is -0.394 e. The Kier molecular flexibility index (Phi) is 2.88. The van der Waals surface area contributed by atoms with Crippen molar-refractivity contribution in [2.45, 2.75) is 18.4 Å². The van der Waals surface area contributed by atoms with Crippen LogP contribution in [0.2, 0.25) is 0 Å². The van der Waals surface area contributed by atoms with E-state index in [1.54, 1.807) is 0 Å². The Bertz CT molecular complexity index is 549. The van der Waals surface area contributed by atoms with Gasteiger partial charge in [0.05, 0.1) is 6.61 Å². The zero-order valence-electron chi connectivity index (χ0n) is 8.44. The fraction of sp³-hybridized carbons (Fsp3) is 0.500. The number of aliphatic hydroxyl groups is 2. The maximum Gasteiger partial charge on any atom is 0.347 e. The van der Waals surface area contributed by atoms with Gasteiger partial charge in [-0.3, -0.25) is 14.6 Å². The summed E-state index contributed by atoms with van der Waals surface area (Å²) in [7, 11) is 0. The van der Waals surface area contributed by atoms with Crippen LogP contribution in [-0.4, -0.2) is 49.6 Å². The summed E-state index contributed by atoms with van der Waals surface area (Å²) < 4.78 is 5.57. The van der Waals surface area contributed by atoms with E-state index in [-0.39, 0.29) is 0 Å². The van der Waals surface area contributed by atoms with Crippen molar-refractivity contribution in [3.8, 4) is 0 Å². The molecule has 1 fully saturated rings. The first kappa shape index (κ1) is 11.6. The molecule has 9 nitrogen and oxygen atoms in total. The van der Waals surface area contributed by atoms with Gasteiger partial charge in [0.1, 0.15) is 18.4 Å². The SMILES string of the molecule is O=C1C(O)[C@@H](CO)O[C@H]1n1ncc(=O)[nH]c1=O. The second kappa shape index (κ2) is 4.20. The van der Waals surface area contributed by atoms with Gasteiger partial charge in [-0.25, -0.2) is 4.79 Å². The number of aromatic amines is 1. The highest BCUT2D eigenvalue weighted by atomic mass is 16.6. The van der Waals surface area contributed by atoms with Crippen LogP contribution in [0, 0.1) is 0 Å². The number of rotatable bonds is 2. The molecule has 1 unspecified atom stereocenters. The van der Waals surface area contributed by atoms with Crippen molar-refractivity contribution in [1.29, 1.82) is 0 Å². The lowest BCUT2D eigenvalue weighted by atomic mass is 10.2. The Balaban J connectivity index is 2.39. The molecule has 9 heteroatoms. The van der Waals surface area contributed by atoms with Crippen LogP contribution < -0.4 is 11.2 Å². The highest BCUT2D eigenvalue weighted by molar-refractivity contribution is 5.87. The first-order valence-corrected chi connectivity index (χ1v) is 4.71. The number of hydrogen-bond donors (Lipinski definition) is 3. The lowest BCUT2D eigenvalue weighted by molar-refractivity contribution is -0.131. The van der Waals surface area contributed by atoms with Gasteiger partial charge in [0.15, 0.2) is 0 Å². The molecule has 0 amide bonds. The highest BCUT2D eigenvalue weighted by Crippen LogP contribution is 2.22. The number of Topliss-reactive ketones (excluding diaryl/α,β-unsaturated/α-hetero) is 1. The largest absolute Gasteiger partial charge is 0.394 e. The summed E-state index contributed by atoms with van der Waals surface area (Å²) in [6, 6.07) is 0. The lowest BCUT2D eigenvalue weighted by Gasteiger charge is -2.10. The van der Waals surface area contributed by atoms with Crippen LogP contribution in [0.1, 0.15) is 6.23 Å². The Hall–Kier alpha value is -1.84. The third-order valence-electron chi connectivity index (χ3n) is 2.33. The Morgan fingerprint density at radius 1 is 1.47 bits per heavy atom. The van der Waals surface area contributed by atoms with Crippen LogP contribution in [0.5, 0.6) is 0 Å². The zero-order chi connectivity index (χ0) is 12.6. The summed E-state index contributed by atoms with van der Waals surface area (Å²) in [5.41, 5.74) is -1.64. The number of aromatic nitrogens is 3. The van der Waals surface area contributed by atoms with E-state index in [0.29, 0.717) is 4.68 Å². The topological polar surface area (TPSA) is 135 Å². The molecule has 92 valence electrons. The van der Waals surface area contributed by atoms with Gasteiger partial charge in [-0.15, -0.1) is 0 Å². The molecule has 2 rings (SSSR count). The Morgan fingerprint density at radius 3 is 2.71 bits per heavy atom. The second-order valence-corrected chi connectivity index (χ2v) is 3.44. The fourth-order valence-corrected chi connectivity index (χ4v) is 1.49. The molecule has 0 aliphatic carbocycles. The smallest absolute Gasteiger partial charge is 0.347 e. The van der Waals surface area contributed by atoms with Gasteiger partial charge in [-0.05, 0) is 0 Å². The molecule has 1 saturated heterocycles. The summed E-state index contributed by atoms with van der Waals surface area (Å²) in [4.78, 5) is 35.6. The number of ether oxygens (including phenoxy) is 1. The molecule has 1 aliphatic heterocycles. The predicted octanol–water partition coefficient (Wildman–Crippen LogP) is -3.25. The number of carbonyl (C=O) groups is 1. The molecule has 0 saturated carbocycles. The quantitative estimate of drug-likeness (QED) is 0.496. The van der Waals surface area contributed by atoms with Crippen LogP contribution in [0.15, 0.2) is 15.8 Å². The minimum absolute atomic E-state index is 0.568. The number of ketones is 1. The van der Waals surface area contributed by atoms with Crippen LogP contribution in [0.25, 0.3) is 0 Å². The van der Waals surface area contributed by atoms with Crippen LogP contribution in [0.3, 0.4) is 0 Å². The normalized spacial score (nSPS) is 28.6. The Labute approximate surface area is 93.3 Å². The molecule has 0 aromatic carbocycles. The third-order valence-corrected chi connectivity index (χ3v) is 2.33. The summed E-state index contributed by atoms with van der Waals surface area (Å²) in [6.07, 6.45) is -3.26. The van der Waals surface area contributed by atoms with E-state index in [9.17, 15) is 19.5 Å². The molecular weight excluding hydrogens is 234 g/mol. The van der Waals surface area contributed by atoms with Crippen molar-refractivity contribution in [2.24, 2.45) is 0 Å². The van der Waals surface area contributed by atoms with E-state index < -0.39 is 42.1 Å². The summed E-state index contributed by atoms with van der Waals surface area (Å²) >= 11 is 0. The van der Waals surface area contributed by atoms with Crippen molar-refractivity contribution < 1.29 is 19.7 Å². The number of nitrogens with one attached hydrogen (secondary N) is 1. The summed E-state index contributed by atoms with van der Waals surface area (Å²) in [5, 5.41) is 21.6. The standard InChI is InChI=1S/C8H9N3O6/c12-2-3-5(14)6(15)7(17-3)11-8(16)10-4(13)1-9-11/h1,3,5,7,12,14H,2H2,(H,10,13,16)/t3-,5?,7-/m1/s1. The maximum absolute atomic E-state index is 11.5. The summed E-state index contributed by atoms with van der Waals surface area (Å²) in [5.74, 6) is -0.800. The van der Waals surface area contributed by atoms with E-state index in [1.165, 1.54) is 0 Å². The average Bonchev–Trinajstić information content (AvgIpc) is 2.57. The highest BCUT2D eigenvalue weighted by Gasteiger charge is 2.44. The zero-order valence-corrected chi connectivity index (χ0v) is 8.44. The van der Waals surface area contributed by atoms with Crippen molar-refractivity contribution in [3.63, 3.8) is 0 Å². The van der Waals surface area contributed by atoms with Crippen molar-refractivity contribution in [1.82, 2.24) is 14.8 Å². The number of H-pyrrole nitrogens is 1. The molecule has 1 aromatic rings. The number of hydrogen-bond acceptors (Lipinski definition) is 7. The molecule has 3 atom stereocenters. The summed E-state index contributed by atoms with van der Waals surface area (Å²) in [6.45, 7) is -0.568. The van der Waals surface area contributed by atoms with E-state index in [0.717, 1.165) is 6.20 Å². The van der Waals surface area contributed by atoms with Crippen molar-refractivity contribution in [2.75, 3.05) is 6.61 Å². The number of nitrogens with zero attached hydrogens (tertiary/aromatic N) is 2. The first-order chi connectivity index (χ1) is 8.04. The van der Waals surface area contributed by atoms with Gasteiger partial charge in [0.2, 0.25) is 12.0 Å². The molecular formula is C8H9N3O6. The molecule has 3 N–H and O–H groups in total. The van der Waals surface area contributed by atoms with Gasteiger partial charge >= 0.3 is 5.69 Å². The van der Waals surface area contributed by atoms with Crippen molar-refractivity contribution in [3.05, 3.63) is 27.0 Å². The van der Waals surface area contributed by atoms with Gasteiger partial charge in [-0.2, -0.15) is 9.78 Å². The Morgan fingerprint density at radius 2 is 2.18 bits per heavy atom. The van der Waals surface area contributed by atoms with Crippen LogP contribution in [-0.2, 0) is 9.53 Å². The number of carbonyl (C=O) groups excluding carboxylic acids is 1. The third kappa shape index (κ3) is 1.90. The number of aliphatic hydroxyl groups excluding tert-OH is 2. The molecule has 0 spiro atoms. The molecule has 0 radical (unpaired) electrons. The van der Waals surface area contributed by atoms with E-state index in [2.05, 4.69) is 5.10 Å².